The molecule has 0 radical (unpaired) electrons. The van der Waals surface area contributed by atoms with E-state index in [4.69, 9.17) is 0 Å². The van der Waals surface area contributed by atoms with Gasteiger partial charge in [0.25, 0.3) is 0 Å². The summed E-state index contributed by atoms with van der Waals surface area (Å²) >= 11 is 1.51. The van der Waals surface area contributed by atoms with Gasteiger partial charge in [-0.25, -0.2) is 9.67 Å². The summed E-state index contributed by atoms with van der Waals surface area (Å²) in [6.07, 6.45) is 4.02. The molecule has 1 heterocycles. The predicted octanol–water partition coefficient (Wildman–Crippen LogP) is 2.70. The number of carbonyl (C=O) groups excluding carboxylic acids is 2. The molecule has 0 unspecified atom stereocenters. The highest BCUT2D eigenvalue weighted by atomic mass is 32.2. The van der Waals surface area contributed by atoms with Crippen LogP contribution in [0.1, 0.15) is 18.1 Å². The molecule has 3 rings (SSSR count). The van der Waals surface area contributed by atoms with E-state index in [9.17, 15) is 9.59 Å². The molecule has 2 aromatic carbocycles. The topological polar surface area (TPSA) is 80.1 Å². The lowest BCUT2D eigenvalue weighted by molar-refractivity contribution is -0.134. The van der Waals surface area contributed by atoms with Gasteiger partial charge in [-0.3, -0.25) is 9.59 Å². The van der Waals surface area contributed by atoms with Crippen LogP contribution in [-0.4, -0.2) is 50.8 Å². The Morgan fingerprint density at radius 2 is 1.90 bits per heavy atom. The second-order valence-electron chi connectivity index (χ2n) is 6.68. The molecule has 0 saturated heterocycles. The van der Waals surface area contributed by atoms with Gasteiger partial charge in [-0.05, 0) is 35.7 Å². The van der Waals surface area contributed by atoms with Crippen molar-refractivity contribution in [1.29, 1.82) is 0 Å². The van der Waals surface area contributed by atoms with Gasteiger partial charge >= 0.3 is 0 Å². The molecule has 30 heavy (non-hydrogen) atoms. The van der Waals surface area contributed by atoms with Crippen molar-refractivity contribution in [2.24, 2.45) is 0 Å². The third-order valence-electron chi connectivity index (χ3n) is 4.66. The highest BCUT2D eigenvalue weighted by Crippen LogP contribution is 2.23. The summed E-state index contributed by atoms with van der Waals surface area (Å²) in [6, 6.07) is 15.8. The van der Waals surface area contributed by atoms with Gasteiger partial charge in [0.2, 0.25) is 11.8 Å². The molecule has 0 atom stereocenters. The number of rotatable bonds is 9. The van der Waals surface area contributed by atoms with Gasteiger partial charge in [0, 0.05) is 18.5 Å². The Kier molecular flexibility index (Phi) is 7.62. The number of likely N-dealkylation sites (N-methyl/N-ethyl adjacent to an activating group) is 1. The number of aromatic nitrogens is 3. The first-order valence-electron chi connectivity index (χ1n) is 9.73. The molecule has 0 fully saturated rings. The van der Waals surface area contributed by atoms with Crippen LogP contribution in [0.3, 0.4) is 0 Å². The number of nitrogens with one attached hydrogen (secondary N) is 1. The van der Waals surface area contributed by atoms with Gasteiger partial charge in [0.15, 0.2) is 0 Å². The van der Waals surface area contributed by atoms with Crippen molar-refractivity contribution in [3.63, 3.8) is 0 Å². The first kappa shape index (κ1) is 21.6. The van der Waals surface area contributed by atoms with E-state index in [0.29, 0.717) is 6.54 Å². The minimum absolute atomic E-state index is 0.0240. The maximum absolute atomic E-state index is 12.9. The quantitative estimate of drug-likeness (QED) is 0.535. The van der Waals surface area contributed by atoms with Crippen molar-refractivity contribution in [2.75, 3.05) is 19.3 Å². The predicted molar refractivity (Wildman–Crippen MR) is 117 cm³/mol. The van der Waals surface area contributed by atoms with Crippen molar-refractivity contribution in [1.82, 2.24) is 25.0 Å². The van der Waals surface area contributed by atoms with Crippen LogP contribution in [0.2, 0.25) is 0 Å². The molecule has 8 heteroatoms. The van der Waals surface area contributed by atoms with E-state index in [1.54, 1.807) is 23.0 Å². The Bertz CT molecular complexity index is 973. The van der Waals surface area contributed by atoms with Crippen LogP contribution in [0.4, 0.5) is 0 Å². The van der Waals surface area contributed by atoms with E-state index in [1.807, 2.05) is 42.5 Å². The molecule has 7 nitrogen and oxygen atoms in total. The van der Waals surface area contributed by atoms with E-state index >= 15 is 0 Å². The Balaban J connectivity index is 1.68. The highest BCUT2D eigenvalue weighted by Gasteiger charge is 2.18. The van der Waals surface area contributed by atoms with Crippen LogP contribution in [0.5, 0.6) is 0 Å². The van der Waals surface area contributed by atoms with Crippen LogP contribution in [0.25, 0.3) is 5.69 Å². The second-order valence-corrected chi connectivity index (χ2v) is 7.70. The van der Waals surface area contributed by atoms with Crippen molar-refractivity contribution < 1.29 is 9.59 Å². The van der Waals surface area contributed by atoms with Gasteiger partial charge in [0.05, 0.1) is 18.0 Å². The largest absolute Gasteiger partial charge is 0.358 e. The zero-order valence-electron chi connectivity index (χ0n) is 17.1. The second kappa shape index (κ2) is 10.6. The minimum Gasteiger partial charge on any atom is -0.358 e. The van der Waals surface area contributed by atoms with Gasteiger partial charge < -0.3 is 10.2 Å². The zero-order chi connectivity index (χ0) is 21.3. The number of aryl methyl sites for hydroxylation is 1. The summed E-state index contributed by atoms with van der Waals surface area (Å²) in [6.45, 7) is 2.48. The maximum Gasteiger partial charge on any atom is 0.239 e. The number of hydrogen-bond donors (Lipinski definition) is 1. The number of benzene rings is 2. The van der Waals surface area contributed by atoms with E-state index in [0.717, 1.165) is 22.6 Å². The van der Waals surface area contributed by atoms with Crippen LogP contribution < -0.4 is 5.32 Å². The summed E-state index contributed by atoms with van der Waals surface area (Å²) in [4.78, 5) is 31.5. The smallest absolute Gasteiger partial charge is 0.239 e. The number of carbonyl (C=O) groups is 2. The molecule has 3 aromatic rings. The third-order valence-corrected chi connectivity index (χ3v) is 5.76. The molecule has 1 aromatic heterocycles. The van der Waals surface area contributed by atoms with Crippen molar-refractivity contribution in [3.05, 3.63) is 72.3 Å². The van der Waals surface area contributed by atoms with Gasteiger partial charge in [-0.2, -0.15) is 5.10 Å². The molecule has 2 amide bonds. The number of amides is 2. The molecule has 156 valence electrons. The summed E-state index contributed by atoms with van der Waals surface area (Å²) in [5, 5.41) is 6.71. The Morgan fingerprint density at radius 3 is 2.57 bits per heavy atom. The summed E-state index contributed by atoms with van der Waals surface area (Å²) in [7, 11) is 1.57. The van der Waals surface area contributed by atoms with Crippen LogP contribution in [0, 0.1) is 0 Å². The van der Waals surface area contributed by atoms with Gasteiger partial charge in [-0.15, -0.1) is 11.8 Å². The lowest BCUT2D eigenvalue weighted by atomic mass is 10.2. The first-order chi connectivity index (χ1) is 14.6. The standard InChI is InChI=1S/C22H25N5O2S/c1-3-18-6-4-5-7-20(18)30-14-22(29)26(13-21(28)23-2)12-17-8-10-19(11-9-17)27-16-24-15-25-27/h4-11,15-16H,3,12-14H2,1-2H3,(H,23,28). The normalized spacial score (nSPS) is 10.6. The average molecular weight is 424 g/mol. The van der Waals surface area contributed by atoms with Gasteiger partial charge in [0.1, 0.15) is 12.7 Å². The fourth-order valence-electron chi connectivity index (χ4n) is 2.97. The molecule has 0 bridgehead atoms. The van der Waals surface area contributed by atoms with E-state index < -0.39 is 0 Å². The molecule has 0 spiro atoms. The molecule has 0 saturated carbocycles. The molecule has 1 N–H and O–H groups in total. The molecule has 0 aliphatic carbocycles. The summed E-state index contributed by atoms with van der Waals surface area (Å²) in [5.41, 5.74) is 3.04. The van der Waals surface area contributed by atoms with Crippen molar-refractivity contribution in [2.45, 2.75) is 24.8 Å². The zero-order valence-corrected chi connectivity index (χ0v) is 17.9. The molecule has 0 aliphatic rings. The number of hydrogen-bond acceptors (Lipinski definition) is 5. The van der Waals surface area contributed by atoms with E-state index in [1.165, 1.54) is 23.7 Å². The fraction of sp³-hybridized carbons (Fsp3) is 0.273. The van der Waals surface area contributed by atoms with Crippen molar-refractivity contribution >= 4 is 23.6 Å². The van der Waals surface area contributed by atoms with Gasteiger partial charge in [-0.1, -0.05) is 37.3 Å². The summed E-state index contributed by atoms with van der Waals surface area (Å²) < 4.78 is 1.67. The monoisotopic (exact) mass is 423 g/mol. The van der Waals surface area contributed by atoms with E-state index in [2.05, 4.69) is 28.4 Å². The fourth-order valence-corrected chi connectivity index (χ4v) is 4.00. The molecular weight excluding hydrogens is 398 g/mol. The Hall–Kier alpha value is -3.13. The van der Waals surface area contributed by atoms with Crippen LogP contribution >= 0.6 is 11.8 Å². The average Bonchev–Trinajstić information content (AvgIpc) is 3.32. The van der Waals surface area contributed by atoms with Crippen molar-refractivity contribution in [3.8, 4) is 5.69 Å². The SMILES string of the molecule is CCc1ccccc1SCC(=O)N(CC(=O)NC)Cc1ccc(-n2cncn2)cc1. The van der Waals surface area contributed by atoms with Crippen LogP contribution in [-0.2, 0) is 22.6 Å². The van der Waals surface area contributed by atoms with Crippen LogP contribution in [0.15, 0.2) is 66.1 Å². The number of thioether (sulfide) groups is 1. The summed E-state index contributed by atoms with van der Waals surface area (Å²) in [5.74, 6) is 0.0156. The third kappa shape index (κ3) is 5.70. The first-order valence-corrected chi connectivity index (χ1v) is 10.7. The number of nitrogens with zero attached hydrogens (tertiary/aromatic N) is 4. The molecule has 0 aliphatic heterocycles. The Labute approximate surface area is 180 Å². The maximum atomic E-state index is 12.9. The van der Waals surface area contributed by atoms with E-state index in [-0.39, 0.29) is 24.1 Å². The molecular formula is C22H25N5O2S. The minimum atomic E-state index is -0.193. The lowest BCUT2D eigenvalue weighted by Crippen LogP contribution is -2.40. The Morgan fingerprint density at radius 1 is 1.13 bits per heavy atom. The lowest BCUT2D eigenvalue weighted by Gasteiger charge is -2.22. The highest BCUT2D eigenvalue weighted by molar-refractivity contribution is 8.00.